The number of nitrogens with one attached hydrogen (secondary N) is 1. The lowest BCUT2D eigenvalue weighted by molar-refractivity contribution is 0.518. The average Bonchev–Trinajstić information content (AvgIpc) is 2.31. The average molecular weight is 227 g/mol. The number of hydrogen-bond donors (Lipinski definition) is 1. The van der Waals surface area contributed by atoms with Gasteiger partial charge in [-0.15, -0.1) is 11.6 Å². The molecule has 0 radical (unpaired) electrons. The molecule has 0 amide bonds. The van der Waals surface area contributed by atoms with Gasteiger partial charge in [-0.2, -0.15) is 0 Å². The summed E-state index contributed by atoms with van der Waals surface area (Å²) in [5.74, 6) is 2.16. The van der Waals surface area contributed by atoms with Crippen LogP contribution in [0.2, 0.25) is 0 Å². The molecule has 0 aromatic carbocycles. The molecule has 3 heteroatoms. The maximum atomic E-state index is 5.84. The van der Waals surface area contributed by atoms with E-state index in [1.807, 2.05) is 12.1 Å². The first-order chi connectivity index (χ1) is 7.31. The molecule has 0 atom stereocenters. The number of hydrogen-bond acceptors (Lipinski definition) is 2. The summed E-state index contributed by atoms with van der Waals surface area (Å²) in [5.41, 5.74) is 1.07. The first-order valence-corrected chi connectivity index (χ1v) is 6.08. The van der Waals surface area contributed by atoms with E-state index in [1.165, 1.54) is 12.8 Å². The van der Waals surface area contributed by atoms with Crippen molar-refractivity contribution in [3.05, 3.63) is 23.9 Å². The minimum Gasteiger partial charge on any atom is -0.370 e. The molecule has 2 nitrogen and oxygen atoms in total. The van der Waals surface area contributed by atoms with Crippen molar-refractivity contribution in [2.75, 3.05) is 11.9 Å². The van der Waals surface area contributed by atoms with Gasteiger partial charge in [0.05, 0.1) is 5.88 Å². The Hall–Kier alpha value is -0.760. The van der Waals surface area contributed by atoms with Gasteiger partial charge >= 0.3 is 0 Å². The minimum atomic E-state index is 0.513. The molecular formula is C12H19ClN2. The molecule has 0 aliphatic carbocycles. The summed E-state index contributed by atoms with van der Waals surface area (Å²) in [6, 6.07) is 3.93. The Morgan fingerprint density at radius 2 is 2.13 bits per heavy atom. The highest BCUT2D eigenvalue weighted by Gasteiger charge is 2.05. The van der Waals surface area contributed by atoms with Crippen LogP contribution in [-0.4, -0.2) is 11.5 Å². The Labute approximate surface area is 97.1 Å². The van der Waals surface area contributed by atoms with Gasteiger partial charge in [-0.25, -0.2) is 4.98 Å². The van der Waals surface area contributed by atoms with Crippen LogP contribution in [0.3, 0.4) is 0 Å². The quantitative estimate of drug-likeness (QED) is 0.749. The third kappa shape index (κ3) is 3.71. The van der Waals surface area contributed by atoms with E-state index < -0.39 is 0 Å². The van der Waals surface area contributed by atoms with Gasteiger partial charge in [0.25, 0.3) is 0 Å². The third-order valence-electron chi connectivity index (χ3n) is 2.75. The fraction of sp³-hybridized carbons (Fsp3) is 0.583. The number of aromatic nitrogens is 1. The predicted octanol–water partition coefficient (Wildman–Crippen LogP) is 3.67. The van der Waals surface area contributed by atoms with Crippen LogP contribution in [0.25, 0.3) is 0 Å². The monoisotopic (exact) mass is 226 g/mol. The van der Waals surface area contributed by atoms with Crippen molar-refractivity contribution in [3.63, 3.8) is 0 Å². The molecule has 0 aliphatic heterocycles. The predicted molar refractivity (Wildman–Crippen MR) is 66.4 cm³/mol. The van der Waals surface area contributed by atoms with Gasteiger partial charge in [-0.1, -0.05) is 32.8 Å². The Balaban J connectivity index is 2.56. The summed E-state index contributed by atoms with van der Waals surface area (Å²) in [5, 5.41) is 3.37. The summed E-state index contributed by atoms with van der Waals surface area (Å²) in [4.78, 5) is 4.29. The Morgan fingerprint density at radius 3 is 2.73 bits per heavy atom. The van der Waals surface area contributed by atoms with E-state index in [9.17, 15) is 0 Å². The highest BCUT2D eigenvalue weighted by atomic mass is 35.5. The topological polar surface area (TPSA) is 24.9 Å². The van der Waals surface area contributed by atoms with Gasteiger partial charge in [0.1, 0.15) is 5.82 Å². The largest absolute Gasteiger partial charge is 0.370 e. The van der Waals surface area contributed by atoms with Crippen molar-refractivity contribution in [2.24, 2.45) is 5.92 Å². The molecule has 15 heavy (non-hydrogen) atoms. The van der Waals surface area contributed by atoms with Crippen molar-refractivity contribution in [1.82, 2.24) is 4.98 Å². The number of anilines is 1. The van der Waals surface area contributed by atoms with Crippen LogP contribution in [0, 0.1) is 5.92 Å². The molecule has 0 unspecified atom stereocenters. The van der Waals surface area contributed by atoms with Crippen LogP contribution in [0.15, 0.2) is 18.3 Å². The number of halogens is 1. The van der Waals surface area contributed by atoms with E-state index in [1.54, 1.807) is 6.20 Å². The molecule has 0 fully saturated rings. The summed E-state index contributed by atoms with van der Waals surface area (Å²) < 4.78 is 0. The van der Waals surface area contributed by atoms with Gasteiger partial charge in [0.2, 0.25) is 0 Å². The van der Waals surface area contributed by atoms with Crippen LogP contribution in [-0.2, 0) is 5.88 Å². The molecule has 1 N–H and O–H groups in total. The zero-order valence-corrected chi connectivity index (χ0v) is 10.2. The molecule has 1 aromatic heterocycles. The zero-order valence-electron chi connectivity index (χ0n) is 9.46. The molecule has 1 rings (SSSR count). The second-order valence-electron chi connectivity index (χ2n) is 3.71. The van der Waals surface area contributed by atoms with E-state index >= 15 is 0 Å². The van der Waals surface area contributed by atoms with Crippen LogP contribution < -0.4 is 5.32 Å². The standard InChI is InChI=1S/C12H19ClN2/c1-3-10(4-2)9-15-12-11(8-13)6-5-7-14-12/h5-7,10H,3-4,8-9H2,1-2H3,(H,14,15). The smallest absolute Gasteiger partial charge is 0.130 e. The fourth-order valence-corrected chi connectivity index (χ4v) is 1.74. The number of alkyl halides is 1. The van der Waals surface area contributed by atoms with Crippen LogP contribution in [0.1, 0.15) is 32.3 Å². The first-order valence-electron chi connectivity index (χ1n) is 5.55. The van der Waals surface area contributed by atoms with Crippen molar-refractivity contribution < 1.29 is 0 Å². The second-order valence-corrected chi connectivity index (χ2v) is 3.98. The number of nitrogens with zero attached hydrogens (tertiary/aromatic N) is 1. The van der Waals surface area contributed by atoms with Crippen molar-refractivity contribution in [2.45, 2.75) is 32.6 Å². The van der Waals surface area contributed by atoms with E-state index in [0.717, 1.165) is 23.8 Å². The van der Waals surface area contributed by atoms with Gasteiger partial charge < -0.3 is 5.32 Å². The van der Waals surface area contributed by atoms with E-state index in [-0.39, 0.29) is 0 Å². The van der Waals surface area contributed by atoms with E-state index in [2.05, 4.69) is 24.1 Å². The van der Waals surface area contributed by atoms with Crippen molar-refractivity contribution >= 4 is 17.4 Å². The van der Waals surface area contributed by atoms with Gasteiger partial charge in [0.15, 0.2) is 0 Å². The van der Waals surface area contributed by atoms with Gasteiger partial charge in [-0.05, 0) is 12.0 Å². The lowest BCUT2D eigenvalue weighted by Gasteiger charge is -2.15. The molecule has 0 saturated carbocycles. The zero-order chi connectivity index (χ0) is 11.1. The molecule has 0 bridgehead atoms. The van der Waals surface area contributed by atoms with E-state index in [4.69, 9.17) is 11.6 Å². The maximum absolute atomic E-state index is 5.84. The normalized spacial score (nSPS) is 10.7. The second kappa shape index (κ2) is 6.67. The van der Waals surface area contributed by atoms with Crippen molar-refractivity contribution in [3.8, 4) is 0 Å². The third-order valence-corrected chi connectivity index (χ3v) is 3.04. The van der Waals surface area contributed by atoms with E-state index in [0.29, 0.717) is 5.88 Å². The Bertz CT molecular complexity index is 285. The molecule has 84 valence electrons. The first kappa shape index (κ1) is 12.3. The minimum absolute atomic E-state index is 0.513. The molecule has 0 spiro atoms. The van der Waals surface area contributed by atoms with Crippen LogP contribution >= 0.6 is 11.6 Å². The molecular weight excluding hydrogens is 208 g/mol. The SMILES string of the molecule is CCC(CC)CNc1ncccc1CCl. The lowest BCUT2D eigenvalue weighted by atomic mass is 10.0. The summed E-state index contributed by atoms with van der Waals surface area (Å²) in [7, 11) is 0. The molecule has 1 heterocycles. The Kier molecular flexibility index (Phi) is 5.48. The maximum Gasteiger partial charge on any atom is 0.130 e. The van der Waals surface area contributed by atoms with Crippen LogP contribution in [0.5, 0.6) is 0 Å². The van der Waals surface area contributed by atoms with Gasteiger partial charge in [-0.3, -0.25) is 0 Å². The highest BCUT2D eigenvalue weighted by molar-refractivity contribution is 6.17. The highest BCUT2D eigenvalue weighted by Crippen LogP contribution is 2.15. The lowest BCUT2D eigenvalue weighted by Crippen LogP contribution is -2.14. The molecule has 0 aliphatic rings. The van der Waals surface area contributed by atoms with Gasteiger partial charge in [0, 0.05) is 18.3 Å². The molecule has 1 aromatic rings. The summed E-state index contributed by atoms with van der Waals surface area (Å²) >= 11 is 5.84. The Morgan fingerprint density at radius 1 is 1.40 bits per heavy atom. The summed E-state index contributed by atoms with van der Waals surface area (Å²) in [6.07, 6.45) is 4.20. The van der Waals surface area contributed by atoms with Crippen molar-refractivity contribution in [1.29, 1.82) is 0 Å². The summed E-state index contributed by atoms with van der Waals surface area (Å²) in [6.45, 7) is 5.42. The van der Waals surface area contributed by atoms with Crippen LogP contribution in [0.4, 0.5) is 5.82 Å². The number of rotatable bonds is 6. The fourth-order valence-electron chi connectivity index (χ4n) is 1.52. The molecule has 0 saturated heterocycles. The number of pyridine rings is 1.